The van der Waals surface area contributed by atoms with E-state index in [4.69, 9.17) is 0 Å². The number of para-hydroxylation sites is 2. The Hall–Kier alpha value is -7.42. The van der Waals surface area contributed by atoms with Gasteiger partial charge in [-0.25, -0.2) is 0 Å². The molecule has 0 fully saturated rings. The Labute approximate surface area is 330 Å². The molecular weight excluding hydrogens is 677 g/mol. The highest BCUT2D eigenvalue weighted by atomic mass is 15.0. The van der Waals surface area contributed by atoms with Crippen LogP contribution in [0.1, 0.15) is 4.11 Å². The monoisotopic (exact) mass is 715 g/mol. The fraction of sp³-hybridized carbons (Fsp3) is 0. The minimum atomic E-state index is 0.0397. The van der Waals surface area contributed by atoms with Gasteiger partial charge >= 0.3 is 0 Å². The fourth-order valence-corrected chi connectivity index (χ4v) is 8.33. The molecule has 0 saturated heterocycles. The molecule has 11 aromatic rings. The molecule has 0 radical (unpaired) electrons. The van der Waals surface area contributed by atoms with Crippen molar-refractivity contribution in [2.75, 3.05) is 0 Å². The molecule has 262 valence electrons. The number of aromatic nitrogens is 2. The molecule has 0 aliphatic rings. The molecule has 2 heteroatoms. The van der Waals surface area contributed by atoms with Crippen LogP contribution in [0.25, 0.3) is 99.5 Å². The van der Waals surface area contributed by atoms with E-state index in [1.54, 1.807) is 0 Å². The zero-order valence-electron chi connectivity index (χ0n) is 33.4. The van der Waals surface area contributed by atoms with Crippen LogP contribution in [0, 0.1) is 0 Å². The molecular formula is C54H36N2. The van der Waals surface area contributed by atoms with Gasteiger partial charge in [0.1, 0.15) is 0 Å². The van der Waals surface area contributed by atoms with Crippen LogP contribution in [0.4, 0.5) is 0 Å². The van der Waals surface area contributed by atoms with E-state index in [0.717, 1.165) is 77.5 Å². The summed E-state index contributed by atoms with van der Waals surface area (Å²) in [5.74, 6) is 0. The van der Waals surface area contributed by atoms with Crippen molar-refractivity contribution < 1.29 is 4.11 Å². The van der Waals surface area contributed by atoms with Crippen molar-refractivity contribution in [2.45, 2.75) is 0 Å². The summed E-state index contributed by atoms with van der Waals surface area (Å²) in [5.41, 5.74) is 13.4. The van der Waals surface area contributed by atoms with E-state index in [9.17, 15) is 4.11 Å². The van der Waals surface area contributed by atoms with Gasteiger partial charge in [0.25, 0.3) is 0 Å². The van der Waals surface area contributed by atoms with Crippen LogP contribution in [0.2, 0.25) is 0 Å². The second-order valence-electron chi connectivity index (χ2n) is 14.3. The van der Waals surface area contributed by atoms with E-state index in [0.29, 0.717) is 16.5 Å². The maximum absolute atomic E-state index is 9.97. The molecule has 11 rings (SSSR count). The van der Waals surface area contributed by atoms with Crippen LogP contribution in [0.3, 0.4) is 0 Å². The van der Waals surface area contributed by atoms with Gasteiger partial charge in [-0.05, 0) is 117 Å². The van der Waals surface area contributed by atoms with Crippen molar-refractivity contribution in [3.8, 4) is 55.9 Å². The Balaban J connectivity index is 1.12. The van der Waals surface area contributed by atoms with Gasteiger partial charge in [-0.3, -0.25) is 0 Å². The van der Waals surface area contributed by atoms with Gasteiger partial charge < -0.3 is 9.13 Å². The van der Waals surface area contributed by atoms with Crippen molar-refractivity contribution in [1.29, 1.82) is 0 Å². The Bertz CT molecular complexity index is 3390. The van der Waals surface area contributed by atoms with Crippen LogP contribution in [-0.4, -0.2) is 9.13 Å². The number of benzene rings is 9. The molecule has 2 nitrogen and oxygen atoms in total. The molecule has 2 aromatic heterocycles. The average molecular weight is 716 g/mol. The summed E-state index contributed by atoms with van der Waals surface area (Å²) in [4.78, 5) is 0. The zero-order valence-corrected chi connectivity index (χ0v) is 30.4. The number of rotatable bonds is 6. The lowest BCUT2D eigenvalue weighted by atomic mass is 9.97. The van der Waals surface area contributed by atoms with E-state index < -0.39 is 0 Å². The summed E-state index contributed by atoms with van der Waals surface area (Å²) < 4.78 is 33.5. The Morgan fingerprint density at radius 3 is 1.41 bits per heavy atom. The first kappa shape index (κ1) is 29.0. The first-order valence-electron chi connectivity index (χ1n) is 20.5. The number of fused-ring (bicyclic) bond motifs is 6. The summed E-state index contributed by atoms with van der Waals surface area (Å²) in [7, 11) is 0. The summed E-state index contributed by atoms with van der Waals surface area (Å²) in [6, 6.07) is 69.4. The van der Waals surface area contributed by atoms with E-state index in [-0.39, 0.29) is 18.1 Å². The molecule has 0 aliphatic carbocycles. The van der Waals surface area contributed by atoms with Crippen LogP contribution in [-0.2, 0) is 0 Å². The van der Waals surface area contributed by atoms with Crippen LogP contribution in [0.15, 0.2) is 218 Å². The molecule has 0 N–H and O–H groups in total. The topological polar surface area (TPSA) is 9.86 Å². The van der Waals surface area contributed by atoms with Gasteiger partial charge in [-0.1, -0.05) is 146 Å². The molecule has 0 aliphatic heterocycles. The second-order valence-corrected chi connectivity index (χ2v) is 14.3. The minimum absolute atomic E-state index is 0.0397. The quantitative estimate of drug-likeness (QED) is 0.162. The molecule has 0 bridgehead atoms. The average Bonchev–Trinajstić information content (AvgIpc) is 3.82. The predicted octanol–water partition coefficient (Wildman–Crippen LogP) is 14.5. The van der Waals surface area contributed by atoms with Gasteiger partial charge in [0, 0.05) is 32.9 Å². The van der Waals surface area contributed by atoms with Crippen LogP contribution >= 0.6 is 0 Å². The van der Waals surface area contributed by atoms with Crippen molar-refractivity contribution in [3.05, 3.63) is 218 Å². The lowest BCUT2D eigenvalue weighted by molar-refractivity contribution is 1.18. The smallest absolute Gasteiger partial charge is 0.0645 e. The van der Waals surface area contributed by atoms with E-state index >= 15 is 0 Å². The van der Waals surface area contributed by atoms with E-state index in [1.165, 1.54) is 5.56 Å². The van der Waals surface area contributed by atoms with Crippen molar-refractivity contribution in [1.82, 2.24) is 9.13 Å². The molecule has 9 aromatic carbocycles. The van der Waals surface area contributed by atoms with Crippen LogP contribution in [0.5, 0.6) is 0 Å². The normalized spacial score (nSPS) is 12.3. The third-order valence-electron chi connectivity index (χ3n) is 11.0. The molecule has 56 heavy (non-hydrogen) atoms. The molecule has 0 amide bonds. The lowest BCUT2D eigenvalue weighted by Crippen LogP contribution is -1.94. The SMILES string of the molecule is [2H]c1c(-c2ccc3c(c2)c2ccccc2n3-c2ccc(-c3ccccc3)cc2)c([2H])c2c3cc(-c4cccc(-c5ccccc5)c4)ccc3n(-c3ccccc3)c2c1[2H]. The summed E-state index contributed by atoms with van der Waals surface area (Å²) in [5, 5.41) is 3.66. The van der Waals surface area contributed by atoms with E-state index in [1.807, 2.05) is 48.5 Å². The summed E-state index contributed by atoms with van der Waals surface area (Å²) >= 11 is 0. The Kier molecular flexibility index (Phi) is 6.81. The predicted molar refractivity (Wildman–Crippen MR) is 237 cm³/mol. The number of hydrogen-bond acceptors (Lipinski definition) is 0. The van der Waals surface area contributed by atoms with Gasteiger partial charge in [-0.15, -0.1) is 0 Å². The number of hydrogen-bond donors (Lipinski definition) is 0. The lowest BCUT2D eigenvalue weighted by Gasteiger charge is -2.10. The minimum Gasteiger partial charge on any atom is -0.309 e. The highest BCUT2D eigenvalue weighted by Crippen LogP contribution is 2.40. The van der Waals surface area contributed by atoms with Crippen molar-refractivity contribution in [2.24, 2.45) is 0 Å². The van der Waals surface area contributed by atoms with Crippen molar-refractivity contribution >= 4 is 43.6 Å². The zero-order chi connectivity index (χ0) is 39.6. The van der Waals surface area contributed by atoms with E-state index in [2.05, 4.69) is 161 Å². The van der Waals surface area contributed by atoms with Gasteiger partial charge in [-0.2, -0.15) is 0 Å². The molecule has 0 spiro atoms. The standard InChI is InChI=1S/C54H36N2/c1-4-13-37(14-5-1)39-23-28-46(29-24-39)56-51-22-11-10-21-47(51)48-34-43(26-30-52(48)56)44-27-32-54-50(36-44)49-35-42(25-31-53(49)55(54)45-19-8-3-9-20-45)41-18-12-17-40(33-41)38-15-6-2-7-16-38/h1-36H/i27D,32D,36D. The van der Waals surface area contributed by atoms with Gasteiger partial charge in [0.05, 0.1) is 26.2 Å². The van der Waals surface area contributed by atoms with Gasteiger partial charge in [0.2, 0.25) is 0 Å². The highest BCUT2D eigenvalue weighted by Gasteiger charge is 2.17. The largest absolute Gasteiger partial charge is 0.309 e. The number of nitrogens with zero attached hydrogens (tertiary/aromatic N) is 2. The van der Waals surface area contributed by atoms with Gasteiger partial charge in [0.15, 0.2) is 0 Å². The Morgan fingerprint density at radius 1 is 0.268 bits per heavy atom. The first-order chi connectivity index (χ1) is 29.0. The summed E-state index contributed by atoms with van der Waals surface area (Å²) in [6.07, 6.45) is 0. The maximum Gasteiger partial charge on any atom is 0.0645 e. The van der Waals surface area contributed by atoms with Crippen LogP contribution < -0.4 is 0 Å². The second kappa shape index (κ2) is 13.2. The molecule has 0 atom stereocenters. The highest BCUT2D eigenvalue weighted by molar-refractivity contribution is 6.13. The van der Waals surface area contributed by atoms with Crippen molar-refractivity contribution in [3.63, 3.8) is 0 Å². The fourth-order valence-electron chi connectivity index (χ4n) is 8.33. The maximum atomic E-state index is 9.97. The third kappa shape index (κ3) is 5.34. The first-order valence-corrected chi connectivity index (χ1v) is 19.0. The summed E-state index contributed by atoms with van der Waals surface area (Å²) in [6.45, 7) is 0. The third-order valence-corrected chi connectivity index (χ3v) is 11.0. The molecule has 0 saturated carbocycles. The molecule has 2 heterocycles. The Morgan fingerprint density at radius 2 is 0.714 bits per heavy atom. The molecule has 0 unspecified atom stereocenters.